The maximum Gasteiger partial charge on any atom is 0.308 e. The Balaban J connectivity index is 3.95. The van der Waals surface area contributed by atoms with Gasteiger partial charge in [0.2, 0.25) is 0 Å². The van der Waals surface area contributed by atoms with Crippen LogP contribution in [0.5, 0.6) is 0 Å². The van der Waals surface area contributed by atoms with Crippen molar-refractivity contribution in [2.24, 2.45) is 0 Å². The van der Waals surface area contributed by atoms with Gasteiger partial charge in [-0.3, -0.25) is 4.79 Å². The molecule has 0 bridgehead atoms. The second-order valence-corrected chi connectivity index (χ2v) is 3.68. The Bertz CT molecular complexity index is 346. The molecule has 92 valence electrons. The quantitative estimate of drug-likeness (QED) is 0.396. The lowest BCUT2D eigenvalue weighted by atomic mass is 10.2. The molecular weight excluding hydrogens is 214 g/mol. The Morgan fingerprint density at radius 3 is 2.65 bits per heavy atom. The molecule has 3 heteroatoms. The number of carbonyl (C=O) groups is 1. The molecule has 0 radical (unpaired) electrons. The first kappa shape index (κ1) is 15.2. The minimum atomic E-state index is -0.985. The molecular formula is C14H19NO2. The van der Waals surface area contributed by atoms with Crippen LogP contribution in [-0.4, -0.2) is 11.1 Å². The first-order chi connectivity index (χ1) is 8.20. The van der Waals surface area contributed by atoms with Crippen LogP contribution in [0, 0.1) is 11.3 Å². The third kappa shape index (κ3) is 10.5. The number of rotatable bonds is 8. The van der Waals surface area contributed by atoms with Gasteiger partial charge in [0.15, 0.2) is 0 Å². The van der Waals surface area contributed by atoms with Crippen molar-refractivity contribution in [3.63, 3.8) is 0 Å². The van der Waals surface area contributed by atoms with E-state index < -0.39 is 5.97 Å². The Morgan fingerprint density at radius 2 is 2.06 bits per heavy atom. The highest BCUT2D eigenvalue weighted by Gasteiger charge is 2.00. The summed E-state index contributed by atoms with van der Waals surface area (Å²) in [5, 5.41) is 17.1. The van der Waals surface area contributed by atoms with Gasteiger partial charge in [0.05, 0.1) is 12.5 Å². The van der Waals surface area contributed by atoms with E-state index in [0.717, 1.165) is 6.42 Å². The maximum absolute atomic E-state index is 10.4. The summed E-state index contributed by atoms with van der Waals surface area (Å²) in [6.07, 6.45) is 13.5. The monoisotopic (exact) mass is 233 g/mol. The standard InChI is InChI=1S/C14H19NO2/c1-2-3-4-5-6-7-8-9-10-13(12-15)11-14(16)17/h6-10H,2-5,11H2,1H3,(H,16,17)/b7-6+,9-8+,13-10-. The van der Waals surface area contributed by atoms with Crippen LogP contribution in [0.2, 0.25) is 0 Å². The minimum Gasteiger partial charge on any atom is -0.481 e. The molecule has 0 aromatic heterocycles. The summed E-state index contributed by atoms with van der Waals surface area (Å²) >= 11 is 0. The van der Waals surface area contributed by atoms with E-state index in [-0.39, 0.29) is 12.0 Å². The number of nitriles is 1. The lowest BCUT2D eigenvalue weighted by Crippen LogP contribution is -1.95. The molecule has 3 nitrogen and oxygen atoms in total. The first-order valence-corrected chi connectivity index (χ1v) is 5.85. The van der Waals surface area contributed by atoms with E-state index in [9.17, 15) is 4.79 Å². The molecule has 0 aliphatic rings. The Kier molecular flexibility index (Phi) is 9.55. The van der Waals surface area contributed by atoms with Gasteiger partial charge in [-0.15, -0.1) is 0 Å². The highest BCUT2D eigenvalue weighted by Crippen LogP contribution is 2.01. The average Bonchev–Trinajstić information content (AvgIpc) is 2.30. The topological polar surface area (TPSA) is 61.1 Å². The fourth-order valence-electron chi connectivity index (χ4n) is 1.22. The van der Waals surface area contributed by atoms with Gasteiger partial charge in [-0.25, -0.2) is 0 Å². The third-order valence-corrected chi connectivity index (χ3v) is 2.12. The van der Waals surface area contributed by atoms with Crippen LogP contribution in [0.4, 0.5) is 0 Å². The van der Waals surface area contributed by atoms with Crippen LogP contribution in [0.15, 0.2) is 36.0 Å². The van der Waals surface area contributed by atoms with Crippen molar-refractivity contribution in [3.8, 4) is 6.07 Å². The largest absolute Gasteiger partial charge is 0.481 e. The summed E-state index contributed by atoms with van der Waals surface area (Å²) in [6.45, 7) is 2.17. The van der Waals surface area contributed by atoms with Crippen LogP contribution in [0.1, 0.15) is 39.0 Å². The number of aliphatic carboxylic acids is 1. The SMILES string of the molecule is CCCCC/C=C/C=C/C=C(\C#N)CC(=O)O. The Labute approximate surface area is 103 Å². The van der Waals surface area contributed by atoms with E-state index >= 15 is 0 Å². The summed E-state index contributed by atoms with van der Waals surface area (Å²) in [6, 6.07) is 1.86. The fourth-order valence-corrected chi connectivity index (χ4v) is 1.22. The number of unbranched alkanes of at least 4 members (excludes halogenated alkanes) is 3. The maximum atomic E-state index is 10.4. The predicted octanol–water partition coefficient (Wildman–Crippen LogP) is 3.60. The van der Waals surface area contributed by atoms with Crippen LogP contribution in [0.3, 0.4) is 0 Å². The number of allylic oxidation sites excluding steroid dienone is 5. The molecule has 17 heavy (non-hydrogen) atoms. The molecule has 0 fully saturated rings. The van der Waals surface area contributed by atoms with E-state index in [4.69, 9.17) is 10.4 Å². The molecule has 0 aliphatic heterocycles. The highest BCUT2D eigenvalue weighted by atomic mass is 16.4. The summed E-state index contributed by atoms with van der Waals surface area (Å²) in [5.41, 5.74) is 0.258. The first-order valence-electron chi connectivity index (χ1n) is 5.85. The number of nitrogens with zero attached hydrogens (tertiary/aromatic N) is 1. The summed E-state index contributed by atoms with van der Waals surface area (Å²) < 4.78 is 0. The fraction of sp³-hybridized carbons (Fsp3) is 0.429. The molecule has 0 aromatic carbocycles. The Hall–Kier alpha value is -1.82. The second-order valence-electron chi connectivity index (χ2n) is 3.68. The van der Waals surface area contributed by atoms with E-state index in [1.807, 2.05) is 18.2 Å². The zero-order valence-electron chi connectivity index (χ0n) is 10.2. The van der Waals surface area contributed by atoms with E-state index in [0.29, 0.717) is 0 Å². The van der Waals surface area contributed by atoms with Gasteiger partial charge in [-0.2, -0.15) is 5.26 Å². The molecule has 0 unspecified atom stereocenters. The zero-order valence-corrected chi connectivity index (χ0v) is 10.2. The number of carboxylic acids is 1. The highest BCUT2D eigenvalue weighted by molar-refractivity contribution is 5.71. The van der Waals surface area contributed by atoms with Crippen LogP contribution >= 0.6 is 0 Å². The average molecular weight is 233 g/mol. The van der Waals surface area contributed by atoms with Crippen molar-refractivity contribution in [2.45, 2.75) is 39.0 Å². The lowest BCUT2D eigenvalue weighted by Gasteiger charge is -1.90. The van der Waals surface area contributed by atoms with Gasteiger partial charge in [-0.05, 0) is 18.9 Å². The molecule has 0 aliphatic carbocycles. The van der Waals surface area contributed by atoms with Gasteiger partial charge in [0, 0.05) is 5.57 Å². The number of hydrogen-bond acceptors (Lipinski definition) is 2. The zero-order chi connectivity index (χ0) is 12.9. The molecule has 0 saturated carbocycles. The van der Waals surface area contributed by atoms with Crippen molar-refractivity contribution in [2.75, 3.05) is 0 Å². The van der Waals surface area contributed by atoms with Crippen molar-refractivity contribution in [1.82, 2.24) is 0 Å². The molecule has 0 aromatic rings. The molecule has 0 amide bonds. The smallest absolute Gasteiger partial charge is 0.308 e. The van der Waals surface area contributed by atoms with Crippen molar-refractivity contribution in [3.05, 3.63) is 36.0 Å². The van der Waals surface area contributed by atoms with Crippen molar-refractivity contribution >= 4 is 5.97 Å². The van der Waals surface area contributed by atoms with E-state index in [2.05, 4.69) is 13.0 Å². The van der Waals surface area contributed by atoms with Crippen LogP contribution in [0.25, 0.3) is 0 Å². The molecule has 0 heterocycles. The molecule has 0 saturated heterocycles. The van der Waals surface area contributed by atoms with Crippen molar-refractivity contribution in [1.29, 1.82) is 5.26 Å². The van der Waals surface area contributed by atoms with Crippen LogP contribution in [-0.2, 0) is 4.79 Å². The van der Waals surface area contributed by atoms with Gasteiger partial charge in [0.1, 0.15) is 0 Å². The molecule has 1 N–H and O–H groups in total. The van der Waals surface area contributed by atoms with Gasteiger partial charge in [0.25, 0.3) is 0 Å². The van der Waals surface area contributed by atoms with Crippen molar-refractivity contribution < 1.29 is 9.90 Å². The normalized spacial score (nSPS) is 12.1. The number of carboxylic acid groups (broad SMARTS) is 1. The molecule has 0 spiro atoms. The third-order valence-electron chi connectivity index (χ3n) is 2.12. The Morgan fingerprint density at radius 1 is 1.29 bits per heavy atom. The van der Waals surface area contributed by atoms with Gasteiger partial charge < -0.3 is 5.11 Å². The lowest BCUT2D eigenvalue weighted by molar-refractivity contribution is -0.136. The summed E-state index contributed by atoms with van der Waals surface area (Å²) in [5.74, 6) is -0.985. The predicted molar refractivity (Wildman–Crippen MR) is 68.4 cm³/mol. The van der Waals surface area contributed by atoms with E-state index in [1.165, 1.54) is 25.3 Å². The molecule has 0 rings (SSSR count). The van der Waals surface area contributed by atoms with Crippen LogP contribution < -0.4 is 0 Å². The van der Waals surface area contributed by atoms with Gasteiger partial charge in [-0.1, -0.05) is 44.1 Å². The van der Waals surface area contributed by atoms with E-state index in [1.54, 1.807) is 6.08 Å². The summed E-state index contributed by atoms with van der Waals surface area (Å²) in [7, 11) is 0. The van der Waals surface area contributed by atoms with Gasteiger partial charge >= 0.3 is 5.97 Å². The number of hydrogen-bond donors (Lipinski definition) is 1. The summed E-state index contributed by atoms with van der Waals surface area (Å²) in [4.78, 5) is 10.4. The second kappa shape index (κ2) is 10.7. The minimum absolute atomic E-state index is 0.221. The molecule has 0 atom stereocenters.